The van der Waals surface area contributed by atoms with E-state index in [1.165, 1.54) is 19.1 Å². The number of benzene rings is 1. The Labute approximate surface area is 210 Å². The molecular weight excluding hydrogens is 509 g/mol. The molecule has 0 bridgehead atoms. The monoisotopic (exact) mass is 535 g/mol. The molecule has 4 rings (SSSR count). The van der Waals surface area contributed by atoms with Crippen molar-refractivity contribution >= 4 is 13.7 Å². The van der Waals surface area contributed by atoms with Crippen molar-refractivity contribution in [2.45, 2.75) is 62.6 Å². The van der Waals surface area contributed by atoms with Crippen LogP contribution in [0.4, 0.5) is 0 Å². The minimum atomic E-state index is -4.45. The topological polar surface area (TPSA) is 178 Å². The minimum Gasteiger partial charge on any atom is -0.462 e. The normalized spacial score (nSPS) is 30.6. The average molecular weight is 535 g/mol. The zero-order chi connectivity index (χ0) is 27.2. The average Bonchev–Trinajstić information content (AvgIpc) is 3.29. The van der Waals surface area contributed by atoms with Gasteiger partial charge in [-0.15, -0.1) is 6.42 Å². The second-order valence-electron chi connectivity index (χ2n) is 8.93. The van der Waals surface area contributed by atoms with Crippen molar-refractivity contribution in [2.75, 3.05) is 0 Å². The van der Waals surface area contributed by atoms with Gasteiger partial charge >= 0.3 is 19.4 Å². The summed E-state index contributed by atoms with van der Waals surface area (Å²) in [7, 11) is -4.45. The summed E-state index contributed by atoms with van der Waals surface area (Å²) in [6.07, 6.45) is 1.71. The van der Waals surface area contributed by atoms with Gasteiger partial charge in [-0.1, -0.05) is 24.1 Å². The van der Waals surface area contributed by atoms with E-state index < -0.39 is 66.7 Å². The molecular formula is C23H26N3O10P. The number of aromatic nitrogens is 2. The van der Waals surface area contributed by atoms with E-state index in [2.05, 4.69) is 5.09 Å². The van der Waals surface area contributed by atoms with E-state index in [1.807, 2.05) is 10.9 Å². The highest BCUT2D eigenvalue weighted by Crippen LogP contribution is 2.64. The van der Waals surface area contributed by atoms with E-state index in [0.717, 1.165) is 16.8 Å². The number of esters is 1. The van der Waals surface area contributed by atoms with Crippen molar-refractivity contribution in [3.05, 3.63) is 63.4 Å². The van der Waals surface area contributed by atoms with Gasteiger partial charge in [0.1, 0.15) is 24.0 Å². The van der Waals surface area contributed by atoms with Crippen LogP contribution in [0.3, 0.4) is 0 Å². The third-order valence-corrected chi connectivity index (χ3v) is 7.54. The van der Waals surface area contributed by atoms with Gasteiger partial charge in [0.15, 0.2) is 11.8 Å². The summed E-state index contributed by atoms with van der Waals surface area (Å²) in [5.41, 5.74) is -6.49. The molecule has 37 heavy (non-hydrogen) atoms. The number of ether oxygens (including phenoxy) is 2. The number of aromatic amines is 1. The maximum absolute atomic E-state index is 13.8. The highest BCUT2D eigenvalue weighted by Gasteiger charge is 2.85. The summed E-state index contributed by atoms with van der Waals surface area (Å²) in [5, 5.41) is 25.0. The number of carbonyl (C=O) groups is 1. The summed E-state index contributed by atoms with van der Waals surface area (Å²) in [6.45, 7) is 4.67. The molecule has 1 aliphatic carbocycles. The molecule has 0 spiro atoms. The zero-order valence-electron chi connectivity index (χ0n) is 20.1. The molecule has 13 nitrogen and oxygen atoms in total. The summed E-state index contributed by atoms with van der Waals surface area (Å²) in [5.74, 6) is 1.41. The number of nitrogens with one attached hydrogen (secondary N) is 2. The molecule has 1 saturated heterocycles. The second-order valence-corrected chi connectivity index (χ2v) is 10.6. The number of H-pyrrole nitrogens is 1. The molecule has 1 aliphatic heterocycles. The predicted molar refractivity (Wildman–Crippen MR) is 127 cm³/mol. The fourth-order valence-electron chi connectivity index (χ4n) is 4.03. The number of hydrogen-bond donors (Lipinski definition) is 4. The third kappa shape index (κ3) is 4.75. The molecule has 4 N–H and O–H groups in total. The van der Waals surface area contributed by atoms with E-state index >= 15 is 0 Å². The van der Waals surface area contributed by atoms with Gasteiger partial charge < -0.3 is 24.2 Å². The number of nitrogens with zero attached hydrogens (tertiary/aromatic N) is 1. The Bertz CT molecular complexity index is 1390. The quantitative estimate of drug-likeness (QED) is 0.194. The van der Waals surface area contributed by atoms with Crippen molar-refractivity contribution in [3.63, 3.8) is 0 Å². The third-order valence-electron chi connectivity index (χ3n) is 5.88. The molecule has 2 heterocycles. The van der Waals surface area contributed by atoms with Crippen molar-refractivity contribution in [1.82, 2.24) is 14.6 Å². The van der Waals surface area contributed by atoms with E-state index in [0.29, 0.717) is 0 Å². The molecule has 2 aliphatic rings. The van der Waals surface area contributed by atoms with Crippen LogP contribution in [0.25, 0.3) is 0 Å². The standard InChI is InChI=1S/C23H26N3O10P/c1-5-22(30)20(26-12-11-16(27)24-21(26)29)34-17-18(23(17,22)31)36-37(32,35-15-9-7-6-8-10-15)25-14(4)19(28)33-13(2)3/h1,6-14,17-18,20,30-31H,2-4H3,(H,25,32)(H,24,27,29)/t14-,17+,18?,20+,22-,23-,37+/m0/s1. The second kappa shape index (κ2) is 9.57. The first-order chi connectivity index (χ1) is 17.3. The summed E-state index contributed by atoms with van der Waals surface area (Å²) in [4.78, 5) is 38.0. The van der Waals surface area contributed by atoms with Gasteiger partial charge in [-0.2, -0.15) is 5.09 Å². The molecule has 198 valence electrons. The molecule has 2 aromatic rings. The van der Waals surface area contributed by atoms with E-state index in [1.54, 1.807) is 32.0 Å². The fourth-order valence-corrected chi connectivity index (χ4v) is 5.74. The van der Waals surface area contributed by atoms with Crippen molar-refractivity contribution in [2.24, 2.45) is 0 Å². The van der Waals surface area contributed by atoms with E-state index in [9.17, 15) is 29.2 Å². The van der Waals surface area contributed by atoms with Crippen LogP contribution < -0.4 is 20.9 Å². The van der Waals surface area contributed by atoms with Crippen molar-refractivity contribution in [3.8, 4) is 18.1 Å². The molecule has 1 unspecified atom stereocenters. The van der Waals surface area contributed by atoms with Crippen LogP contribution in [0.15, 0.2) is 52.2 Å². The van der Waals surface area contributed by atoms with Gasteiger partial charge in [-0.25, -0.2) is 9.36 Å². The Morgan fingerprint density at radius 1 is 1.24 bits per heavy atom. The lowest BCUT2D eigenvalue weighted by atomic mass is 9.94. The smallest absolute Gasteiger partial charge is 0.459 e. The molecule has 2 fully saturated rings. The Morgan fingerprint density at radius 2 is 1.92 bits per heavy atom. The molecule has 1 aromatic carbocycles. The highest BCUT2D eigenvalue weighted by atomic mass is 31.2. The molecule has 7 atom stereocenters. The number of para-hydroxylation sites is 1. The summed E-state index contributed by atoms with van der Waals surface area (Å²) >= 11 is 0. The summed E-state index contributed by atoms with van der Waals surface area (Å²) < 4.78 is 36.5. The van der Waals surface area contributed by atoms with Gasteiger partial charge in [0.05, 0.1) is 6.10 Å². The Morgan fingerprint density at radius 3 is 2.51 bits per heavy atom. The van der Waals surface area contributed by atoms with Gasteiger partial charge in [0, 0.05) is 12.3 Å². The number of fused-ring (bicyclic) bond motifs is 1. The molecule has 14 heteroatoms. The largest absolute Gasteiger partial charge is 0.462 e. The maximum Gasteiger partial charge on any atom is 0.459 e. The first-order valence-electron chi connectivity index (χ1n) is 11.3. The van der Waals surface area contributed by atoms with E-state index in [-0.39, 0.29) is 5.75 Å². The van der Waals surface area contributed by atoms with Gasteiger partial charge in [0.2, 0.25) is 5.60 Å². The van der Waals surface area contributed by atoms with Crippen LogP contribution in [-0.4, -0.2) is 61.3 Å². The number of terminal acetylenes is 1. The van der Waals surface area contributed by atoms with Gasteiger partial charge in [-0.05, 0) is 32.9 Å². The number of hydrogen-bond acceptors (Lipinski definition) is 10. The lowest BCUT2D eigenvalue weighted by Gasteiger charge is -2.32. The summed E-state index contributed by atoms with van der Waals surface area (Å²) in [6, 6.07) is 7.75. The minimum absolute atomic E-state index is 0.117. The van der Waals surface area contributed by atoms with Crippen molar-refractivity contribution in [1.29, 1.82) is 0 Å². The van der Waals surface area contributed by atoms with Crippen molar-refractivity contribution < 1.29 is 38.1 Å². The van der Waals surface area contributed by atoms with Gasteiger partial charge in [-0.3, -0.25) is 23.7 Å². The van der Waals surface area contributed by atoms with Crippen LogP contribution >= 0.6 is 7.75 Å². The van der Waals surface area contributed by atoms with Crippen LogP contribution in [0, 0.1) is 12.3 Å². The van der Waals surface area contributed by atoms with E-state index in [4.69, 9.17) is 24.9 Å². The van der Waals surface area contributed by atoms with Crippen LogP contribution in [0.2, 0.25) is 0 Å². The molecule has 1 saturated carbocycles. The first kappa shape index (κ1) is 26.8. The van der Waals surface area contributed by atoms with Gasteiger partial charge in [0.25, 0.3) is 5.56 Å². The van der Waals surface area contributed by atoms with Crippen LogP contribution in [0.5, 0.6) is 5.75 Å². The molecule has 1 aromatic heterocycles. The van der Waals surface area contributed by atoms with Crippen LogP contribution in [0.1, 0.15) is 27.0 Å². The SMILES string of the molecule is C#C[C@]1(O)[C@H](n2ccc(=O)[nH]c2=O)O[C@@H]2C(O[P@@](=O)(N[C@@H](C)C(=O)OC(C)C)Oc3ccccc3)[C@@]21O. The predicted octanol–water partition coefficient (Wildman–Crippen LogP) is 0.0450. The molecule has 0 amide bonds. The number of aliphatic hydroxyl groups is 2. The Balaban J connectivity index is 1.61. The lowest BCUT2D eigenvalue weighted by molar-refractivity contribution is -0.149. The number of rotatable bonds is 9. The van der Waals surface area contributed by atoms with Crippen LogP contribution in [-0.2, 0) is 23.4 Å². The number of carbonyl (C=O) groups excluding carboxylic acids is 1. The zero-order valence-corrected chi connectivity index (χ0v) is 21.0. The Hall–Kier alpha value is -3.24. The highest BCUT2D eigenvalue weighted by molar-refractivity contribution is 7.52. The fraction of sp³-hybridized carbons (Fsp3) is 0.435. The maximum atomic E-state index is 13.8. The first-order valence-corrected chi connectivity index (χ1v) is 12.8. The molecule has 0 radical (unpaired) electrons. The Kier molecular flexibility index (Phi) is 6.94. The lowest BCUT2D eigenvalue weighted by Crippen LogP contribution is -2.52.